The molecule has 3 heteroatoms. The van der Waals surface area contributed by atoms with Gasteiger partial charge in [0.05, 0.1) is 5.02 Å². The van der Waals surface area contributed by atoms with Crippen LogP contribution in [0.15, 0.2) is 42.5 Å². The first kappa shape index (κ1) is 12.2. The predicted octanol–water partition coefficient (Wildman–Crippen LogP) is 4.19. The van der Waals surface area contributed by atoms with Gasteiger partial charge in [0.2, 0.25) is 0 Å². The van der Waals surface area contributed by atoms with Crippen molar-refractivity contribution in [2.24, 2.45) is 0 Å². The molecule has 0 aliphatic heterocycles. The molecule has 0 spiro atoms. The summed E-state index contributed by atoms with van der Waals surface area (Å²) in [5.74, 6) is 1.73. The molecule has 0 amide bonds. The van der Waals surface area contributed by atoms with Gasteiger partial charge in [-0.15, -0.1) is 0 Å². The molecule has 0 saturated carbocycles. The van der Waals surface area contributed by atoms with Crippen LogP contribution in [0, 0.1) is 0 Å². The molecule has 0 unspecified atom stereocenters. The SMILES string of the molecule is O=C1CCc2cc(Oc3ccccc3Cl)ccc2C1. The number of aryl methyl sites for hydroxylation is 1. The summed E-state index contributed by atoms with van der Waals surface area (Å²) in [5.41, 5.74) is 2.31. The van der Waals surface area contributed by atoms with Crippen LogP contribution < -0.4 is 4.74 Å². The van der Waals surface area contributed by atoms with Crippen LogP contribution >= 0.6 is 11.6 Å². The van der Waals surface area contributed by atoms with Crippen LogP contribution in [0.5, 0.6) is 11.5 Å². The molecule has 0 bridgehead atoms. The summed E-state index contributed by atoms with van der Waals surface area (Å²) in [4.78, 5) is 11.4. The molecule has 2 aromatic rings. The van der Waals surface area contributed by atoms with Crippen LogP contribution in [0.3, 0.4) is 0 Å². The minimum absolute atomic E-state index is 0.312. The average molecular weight is 273 g/mol. The number of carbonyl (C=O) groups excluding carboxylic acids is 1. The Hall–Kier alpha value is -1.80. The maximum Gasteiger partial charge on any atom is 0.146 e. The molecule has 1 aliphatic carbocycles. The molecule has 1 aliphatic rings. The second kappa shape index (κ2) is 5.06. The number of benzene rings is 2. The van der Waals surface area contributed by atoms with Gasteiger partial charge in [0, 0.05) is 12.8 Å². The standard InChI is InChI=1S/C16H13ClO2/c17-15-3-1-2-4-16(15)19-14-8-6-11-9-13(18)7-5-12(11)10-14/h1-4,6,8,10H,5,7,9H2. The number of halogens is 1. The Balaban J connectivity index is 1.87. The summed E-state index contributed by atoms with van der Waals surface area (Å²) in [6.45, 7) is 0. The fourth-order valence-electron chi connectivity index (χ4n) is 2.30. The molecule has 0 fully saturated rings. The van der Waals surface area contributed by atoms with E-state index in [1.54, 1.807) is 6.07 Å². The van der Waals surface area contributed by atoms with Gasteiger partial charge in [-0.25, -0.2) is 0 Å². The Morgan fingerprint density at radius 2 is 1.84 bits per heavy atom. The maximum absolute atomic E-state index is 11.4. The van der Waals surface area contributed by atoms with E-state index in [-0.39, 0.29) is 0 Å². The van der Waals surface area contributed by atoms with E-state index in [4.69, 9.17) is 16.3 Å². The lowest BCUT2D eigenvalue weighted by atomic mass is 9.91. The van der Waals surface area contributed by atoms with Crippen molar-refractivity contribution >= 4 is 17.4 Å². The average Bonchev–Trinajstić information content (AvgIpc) is 2.41. The number of hydrogen-bond donors (Lipinski definition) is 0. The molecule has 0 saturated heterocycles. The molecule has 2 aromatic carbocycles. The van der Waals surface area contributed by atoms with Gasteiger partial charge in [-0.1, -0.05) is 29.8 Å². The second-order valence-corrected chi connectivity index (χ2v) is 5.09. The largest absolute Gasteiger partial charge is 0.456 e. The van der Waals surface area contributed by atoms with Crippen LogP contribution in [0.25, 0.3) is 0 Å². The van der Waals surface area contributed by atoms with Gasteiger partial charge in [-0.2, -0.15) is 0 Å². The summed E-state index contributed by atoms with van der Waals surface area (Å²) < 4.78 is 5.79. The van der Waals surface area contributed by atoms with E-state index in [2.05, 4.69) is 0 Å². The Morgan fingerprint density at radius 1 is 1.00 bits per heavy atom. The molecule has 96 valence electrons. The third kappa shape index (κ3) is 2.64. The van der Waals surface area contributed by atoms with Crippen molar-refractivity contribution in [1.29, 1.82) is 0 Å². The van der Waals surface area contributed by atoms with Gasteiger partial charge in [0.25, 0.3) is 0 Å². The minimum Gasteiger partial charge on any atom is -0.456 e. The number of hydrogen-bond acceptors (Lipinski definition) is 2. The zero-order valence-corrected chi connectivity index (χ0v) is 11.1. The van der Waals surface area contributed by atoms with E-state index >= 15 is 0 Å². The van der Waals surface area contributed by atoms with Gasteiger partial charge < -0.3 is 4.74 Å². The summed E-state index contributed by atoms with van der Waals surface area (Å²) in [6.07, 6.45) is 1.97. The lowest BCUT2D eigenvalue weighted by molar-refractivity contribution is -0.118. The molecular formula is C16H13ClO2. The number of rotatable bonds is 2. The quantitative estimate of drug-likeness (QED) is 0.819. The summed E-state index contributed by atoms with van der Waals surface area (Å²) in [5, 5.41) is 0.593. The minimum atomic E-state index is 0.312. The van der Waals surface area contributed by atoms with Crippen molar-refractivity contribution in [2.45, 2.75) is 19.3 Å². The number of carbonyl (C=O) groups is 1. The van der Waals surface area contributed by atoms with Crippen LogP contribution in [0.2, 0.25) is 5.02 Å². The van der Waals surface area contributed by atoms with E-state index in [1.165, 1.54) is 5.56 Å². The Bertz CT molecular complexity index is 634. The highest BCUT2D eigenvalue weighted by molar-refractivity contribution is 6.32. The van der Waals surface area contributed by atoms with Crippen molar-refractivity contribution in [3.63, 3.8) is 0 Å². The van der Waals surface area contributed by atoms with Crippen LogP contribution in [-0.4, -0.2) is 5.78 Å². The molecule has 0 heterocycles. The van der Waals surface area contributed by atoms with Crippen molar-refractivity contribution < 1.29 is 9.53 Å². The summed E-state index contributed by atoms with van der Waals surface area (Å²) in [6, 6.07) is 13.3. The molecule has 3 rings (SSSR count). The lowest BCUT2D eigenvalue weighted by Gasteiger charge is -2.16. The van der Waals surface area contributed by atoms with Crippen molar-refractivity contribution in [2.75, 3.05) is 0 Å². The Labute approximate surface area is 117 Å². The smallest absolute Gasteiger partial charge is 0.146 e. The second-order valence-electron chi connectivity index (χ2n) is 4.68. The van der Waals surface area contributed by atoms with Gasteiger partial charge >= 0.3 is 0 Å². The molecule has 0 atom stereocenters. The van der Waals surface area contributed by atoms with Crippen molar-refractivity contribution in [1.82, 2.24) is 0 Å². The fraction of sp³-hybridized carbons (Fsp3) is 0.188. The van der Waals surface area contributed by atoms with E-state index in [1.807, 2.05) is 36.4 Å². The fourth-order valence-corrected chi connectivity index (χ4v) is 2.47. The lowest BCUT2D eigenvalue weighted by Crippen LogP contribution is -2.12. The first-order valence-corrected chi connectivity index (χ1v) is 6.66. The number of ketones is 1. The number of ether oxygens (including phenoxy) is 1. The van der Waals surface area contributed by atoms with E-state index in [9.17, 15) is 4.79 Å². The first-order chi connectivity index (χ1) is 9.22. The Morgan fingerprint density at radius 3 is 2.68 bits per heavy atom. The molecule has 0 N–H and O–H groups in total. The third-order valence-corrected chi connectivity index (χ3v) is 3.62. The van der Waals surface area contributed by atoms with Crippen LogP contribution in [0.4, 0.5) is 0 Å². The van der Waals surface area contributed by atoms with Gasteiger partial charge in [-0.05, 0) is 41.8 Å². The molecule has 2 nitrogen and oxygen atoms in total. The summed E-state index contributed by atoms with van der Waals surface area (Å²) >= 11 is 6.07. The topological polar surface area (TPSA) is 26.3 Å². The monoisotopic (exact) mass is 272 g/mol. The number of fused-ring (bicyclic) bond motifs is 1. The predicted molar refractivity (Wildman–Crippen MR) is 75.0 cm³/mol. The number of Topliss-reactive ketones (excluding diaryl/α,β-unsaturated/α-hetero) is 1. The zero-order valence-electron chi connectivity index (χ0n) is 10.4. The van der Waals surface area contributed by atoms with Gasteiger partial charge in [0.15, 0.2) is 0 Å². The van der Waals surface area contributed by atoms with Gasteiger partial charge in [0.1, 0.15) is 17.3 Å². The van der Waals surface area contributed by atoms with E-state index in [0.717, 1.165) is 17.7 Å². The highest BCUT2D eigenvalue weighted by Crippen LogP contribution is 2.31. The highest BCUT2D eigenvalue weighted by atomic mass is 35.5. The number of para-hydroxylation sites is 1. The molecule has 19 heavy (non-hydrogen) atoms. The maximum atomic E-state index is 11.4. The van der Waals surface area contributed by atoms with Crippen LogP contribution in [0.1, 0.15) is 17.5 Å². The normalized spacial score (nSPS) is 14.1. The molecule has 0 aromatic heterocycles. The molecular weight excluding hydrogens is 260 g/mol. The van der Waals surface area contributed by atoms with Crippen molar-refractivity contribution in [3.8, 4) is 11.5 Å². The van der Waals surface area contributed by atoms with Crippen molar-refractivity contribution in [3.05, 3.63) is 58.6 Å². The van der Waals surface area contributed by atoms with E-state index < -0.39 is 0 Å². The Kier molecular flexibility index (Phi) is 3.26. The van der Waals surface area contributed by atoms with Crippen LogP contribution in [-0.2, 0) is 17.6 Å². The third-order valence-electron chi connectivity index (χ3n) is 3.30. The highest BCUT2D eigenvalue weighted by Gasteiger charge is 2.16. The first-order valence-electron chi connectivity index (χ1n) is 6.28. The van der Waals surface area contributed by atoms with Gasteiger partial charge in [-0.3, -0.25) is 4.79 Å². The molecule has 0 radical (unpaired) electrons. The van der Waals surface area contributed by atoms with E-state index in [0.29, 0.717) is 29.4 Å². The summed E-state index contributed by atoms with van der Waals surface area (Å²) in [7, 11) is 0. The zero-order chi connectivity index (χ0) is 13.2.